The fourth-order valence-electron chi connectivity index (χ4n) is 0.388. The third-order valence-electron chi connectivity index (χ3n) is 0.913. The topological polar surface area (TPSA) is 0 Å². The maximum absolute atomic E-state index is 11.3. The van der Waals surface area contributed by atoms with E-state index in [0.717, 1.165) is 24.4 Å². The predicted octanol–water partition coefficient (Wildman–Crippen LogP) is -4.16. The minimum Gasteiger partial charge on any atom is -1.00 e. The maximum atomic E-state index is 11.3. The molecule has 0 aromatic rings. The summed E-state index contributed by atoms with van der Waals surface area (Å²) in [5.41, 5.74) is 3.52. The van der Waals surface area contributed by atoms with Gasteiger partial charge in [-0.05, 0) is 24.4 Å². The summed E-state index contributed by atoms with van der Waals surface area (Å²) in [5, 5.41) is 0. The van der Waals surface area contributed by atoms with Crippen LogP contribution < -0.4 is 35.8 Å². The number of hydrogen-bond donors (Lipinski definition) is 0. The van der Waals surface area contributed by atoms with E-state index < -0.39 is 7.27 Å². The Labute approximate surface area is 81.9 Å². The molecule has 0 saturated heterocycles. The normalized spacial score (nSPS) is 12.0. The van der Waals surface area contributed by atoms with Crippen molar-refractivity contribution >= 4 is 7.27 Å². The van der Waals surface area contributed by atoms with Gasteiger partial charge >= 0.3 is 26.1 Å². The molecule has 1 saturated carbocycles. The molecule has 0 nitrogen and oxygen atoms in total. The largest absolute Gasteiger partial charge is 1.00 e. The van der Waals surface area contributed by atoms with Crippen LogP contribution in [0.25, 0.3) is 0 Å². The fourth-order valence-corrected chi connectivity index (χ4v) is 0.388. The predicted molar refractivity (Wildman–Crippen MR) is 28.8 cm³/mol. The molecule has 0 atom stereocenters. The minimum absolute atomic E-state index is 0. The van der Waals surface area contributed by atoms with Crippen LogP contribution >= 0.6 is 0 Å². The van der Waals surface area contributed by atoms with Crippen LogP contribution in [0.1, 0.15) is 12.8 Å². The summed E-state index contributed by atoms with van der Waals surface area (Å²) in [6.45, 7) is 0. The van der Waals surface area contributed by atoms with E-state index in [9.17, 15) is 8.63 Å². The third kappa shape index (κ3) is 6.64. The van der Waals surface area contributed by atoms with Crippen LogP contribution in [0.2, 0.25) is 0 Å². The molecule has 0 N–H and O–H groups in total. The van der Waals surface area contributed by atoms with Crippen molar-refractivity contribution in [1.29, 1.82) is 0 Å². The van der Waals surface area contributed by atoms with E-state index in [1.165, 1.54) is 0 Å². The van der Waals surface area contributed by atoms with Gasteiger partial charge in [0.1, 0.15) is 0 Å². The SMILES string of the molecule is FB(F)C=C=C1CC1.[Br-].[Li+]. The first-order chi connectivity index (χ1) is 3.79. The standard InChI is InChI=1S/C5H5BF2.BrH.Li/c7-6(8)4-3-5-1-2-5;;/h4H,1-2H2;1H;/q;;+1/p-1. The molecule has 0 radical (unpaired) electrons. The summed E-state index contributed by atoms with van der Waals surface area (Å²) >= 11 is 0. The first-order valence-corrected chi connectivity index (χ1v) is 2.52. The molecule has 5 heteroatoms. The zero-order valence-electron chi connectivity index (χ0n) is 5.70. The van der Waals surface area contributed by atoms with Crippen molar-refractivity contribution in [2.45, 2.75) is 12.8 Å². The molecule has 10 heavy (non-hydrogen) atoms. The second-order valence-electron chi connectivity index (χ2n) is 1.75. The van der Waals surface area contributed by atoms with Gasteiger partial charge < -0.3 is 17.0 Å². The van der Waals surface area contributed by atoms with Crippen LogP contribution in [0.3, 0.4) is 0 Å². The number of halogens is 3. The van der Waals surface area contributed by atoms with Gasteiger partial charge in [0.25, 0.3) is 0 Å². The summed E-state index contributed by atoms with van der Waals surface area (Å²) in [5.74, 6) is 0.808. The average Bonchev–Trinajstić information content (AvgIpc) is 2.41. The van der Waals surface area contributed by atoms with Crippen molar-refractivity contribution in [2.24, 2.45) is 0 Å². The quantitative estimate of drug-likeness (QED) is 0.298. The molecular formula is C5H5BBrF2Li. The van der Waals surface area contributed by atoms with Crippen molar-refractivity contribution in [3.05, 3.63) is 17.3 Å². The molecular weight excluding hydrogens is 196 g/mol. The zero-order valence-corrected chi connectivity index (χ0v) is 7.29. The molecule has 0 spiro atoms. The summed E-state index contributed by atoms with van der Waals surface area (Å²) in [7, 11) is -2.33. The summed E-state index contributed by atoms with van der Waals surface area (Å²) in [6.07, 6.45) is 1.92. The first-order valence-electron chi connectivity index (χ1n) is 2.52. The van der Waals surface area contributed by atoms with Gasteiger partial charge in [0, 0.05) is 0 Å². The Hall–Kier alpha value is 0.522. The Morgan fingerprint density at radius 1 is 1.40 bits per heavy atom. The Bertz CT molecular complexity index is 148. The van der Waals surface area contributed by atoms with Crippen molar-refractivity contribution < 1.29 is 44.5 Å². The molecule has 1 aliphatic carbocycles. The number of hydrogen-bond acceptors (Lipinski definition) is 0. The van der Waals surface area contributed by atoms with Crippen LogP contribution in [0.5, 0.6) is 0 Å². The zero-order chi connectivity index (χ0) is 5.98. The van der Waals surface area contributed by atoms with E-state index in [-0.39, 0.29) is 35.8 Å². The summed E-state index contributed by atoms with van der Waals surface area (Å²) < 4.78 is 22.6. The molecule has 1 rings (SSSR count). The van der Waals surface area contributed by atoms with Crippen LogP contribution in [0.4, 0.5) is 8.63 Å². The smallest absolute Gasteiger partial charge is 1.00 e. The van der Waals surface area contributed by atoms with Crippen molar-refractivity contribution in [3.63, 3.8) is 0 Å². The van der Waals surface area contributed by atoms with Gasteiger partial charge in [-0.1, -0.05) is 0 Å². The molecule has 0 heterocycles. The molecule has 0 unspecified atom stereocenters. The second kappa shape index (κ2) is 6.25. The maximum Gasteiger partial charge on any atom is 1.00 e. The summed E-state index contributed by atoms with van der Waals surface area (Å²) in [4.78, 5) is 0. The van der Waals surface area contributed by atoms with Gasteiger partial charge in [-0.2, -0.15) is 0 Å². The fraction of sp³-hybridized carbons (Fsp3) is 0.400. The molecule has 0 aliphatic heterocycles. The van der Waals surface area contributed by atoms with Crippen molar-refractivity contribution in [2.75, 3.05) is 0 Å². The van der Waals surface area contributed by atoms with E-state index in [0.29, 0.717) is 0 Å². The number of allylic oxidation sites excluding steroid dienone is 1. The molecule has 50 valence electrons. The van der Waals surface area contributed by atoms with Crippen LogP contribution in [-0.4, -0.2) is 7.27 Å². The monoisotopic (exact) mass is 200 g/mol. The van der Waals surface area contributed by atoms with E-state index in [2.05, 4.69) is 5.73 Å². The molecule has 0 aromatic carbocycles. The Balaban J connectivity index is 0. The van der Waals surface area contributed by atoms with E-state index in [1.807, 2.05) is 0 Å². The second-order valence-corrected chi connectivity index (χ2v) is 1.75. The molecule has 1 aliphatic rings. The average molecular weight is 201 g/mol. The minimum atomic E-state index is -2.33. The molecule has 0 bridgehead atoms. The van der Waals surface area contributed by atoms with E-state index in [4.69, 9.17) is 0 Å². The Morgan fingerprint density at radius 2 is 1.90 bits per heavy atom. The van der Waals surface area contributed by atoms with Gasteiger partial charge in [0.05, 0.1) is 0 Å². The van der Waals surface area contributed by atoms with E-state index >= 15 is 0 Å². The van der Waals surface area contributed by atoms with Gasteiger partial charge in [-0.25, -0.2) is 0 Å². The molecule has 1 fully saturated rings. The van der Waals surface area contributed by atoms with E-state index in [1.54, 1.807) is 0 Å². The van der Waals surface area contributed by atoms with Gasteiger partial charge in [-0.15, -0.1) is 5.73 Å². The third-order valence-corrected chi connectivity index (χ3v) is 0.913. The Kier molecular flexibility index (Phi) is 8.21. The summed E-state index contributed by atoms with van der Waals surface area (Å²) in [6, 6.07) is 0. The van der Waals surface area contributed by atoms with Gasteiger partial charge in [0.15, 0.2) is 0 Å². The number of rotatable bonds is 1. The van der Waals surface area contributed by atoms with Crippen LogP contribution in [0, 0.1) is 0 Å². The van der Waals surface area contributed by atoms with Gasteiger partial charge in [-0.3, -0.25) is 8.63 Å². The Morgan fingerprint density at radius 3 is 2.20 bits per heavy atom. The van der Waals surface area contributed by atoms with Crippen molar-refractivity contribution in [3.8, 4) is 0 Å². The van der Waals surface area contributed by atoms with Gasteiger partial charge in [0.2, 0.25) is 0 Å². The molecule has 0 aromatic heterocycles. The van der Waals surface area contributed by atoms with Crippen molar-refractivity contribution in [1.82, 2.24) is 0 Å². The van der Waals surface area contributed by atoms with Crippen LogP contribution in [0.15, 0.2) is 17.3 Å². The molecule has 0 amide bonds. The van der Waals surface area contributed by atoms with Crippen LogP contribution in [-0.2, 0) is 0 Å². The first kappa shape index (κ1) is 13.1.